The monoisotopic (exact) mass is 282 g/mol. The first kappa shape index (κ1) is 13.8. The SMILES string of the molecule is CCc1ccc(C2=NN(C)C(c3ccc(F)cc3)C2)cc1. The van der Waals surface area contributed by atoms with Crippen molar-refractivity contribution in [2.24, 2.45) is 5.10 Å². The molecule has 1 aliphatic rings. The summed E-state index contributed by atoms with van der Waals surface area (Å²) in [6.07, 6.45) is 1.90. The quantitative estimate of drug-likeness (QED) is 0.825. The molecule has 3 rings (SSSR count). The molecule has 1 aliphatic heterocycles. The lowest BCUT2D eigenvalue weighted by Crippen LogP contribution is -2.13. The lowest BCUT2D eigenvalue weighted by atomic mass is 9.98. The molecule has 0 aromatic heterocycles. The first-order chi connectivity index (χ1) is 10.2. The lowest BCUT2D eigenvalue weighted by molar-refractivity contribution is 0.289. The zero-order chi connectivity index (χ0) is 14.8. The van der Waals surface area contributed by atoms with Crippen LogP contribution in [0.4, 0.5) is 4.39 Å². The van der Waals surface area contributed by atoms with Crippen LogP contribution in [-0.4, -0.2) is 17.8 Å². The number of hydrogen-bond donors (Lipinski definition) is 0. The van der Waals surface area contributed by atoms with Gasteiger partial charge in [-0.2, -0.15) is 5.10 Å². The van der Waals surface area contributed by atoms with Crippen LogP contribution in [0, 0.1) is 5.82 Å². The fraction of sp³-hybridized carbons (Fsp3) is 0.278. The molecule has 1 atom stereocenters. The van der Waals surface area contributed by atoms with Gasteiger partial charge in [0.05, 0.1) is 11.8 Å². The van der Waals surface area contributed by atoms with Crippen molar-refractivity contribution in [1.82, 2.24) is 5.01 Å². The minimum absolute atomic E-state index is 0.187. The van der Waals surface area contributed by atoms with E-state index in [0.29, 0.717) is 0 Å². The molecule has 2 aromatic carbocycles. The third-order valence-corrected chi connectivity index (χ3v) is 4.07. The van der Waals surface area contributed by atoms with Gasteiger partial charge in [-0.3, -0.25) is 5.01 Å². The molecular formula is C18H19FN2. The number of aryl methyl sites for hydroxylation is 1. The normalized spacial score (nSPS) is 18.0. The fourth-order valence-electron chi connectivity index (χ4n) is 2.74. The van der Waals surface area contributed by atoms with E-state index < -0.39 is 0 Å². The first-order valence-corrected chi connectivity index (χ1v) is 7.32. The summed E-state index contributed by atoms with van der Waals surface area (Å²) < 4.78 is 13.0. The van der Waals surface area contributed by atoms with Crippen LogP contribution >= 0.6 is 0 Å². The van der Waals surface area contributed by atoms with Gasteiger partial charge in [-0.1, -0.05) is 43.3 Å². The van der Waals surface area contributed by atoms with E-state index in [1.54, 1.807) is 0 Å². The van der Waals surface area contributed by atoms with Crippen molar-refractivity contribution in [3.05, 3.63) is 71.0 Å². The fourth-order valence-corrected chi connectivity index (χ4v) is 2.74. The van der Waals surface area contributed by atoms with E-state index >= 15 is 0 Å². The predicted molar refractivity (Wildman–Crippen MR) is 83.9 cm³/mol. The van der Waals surface area contributed by atoms with E-state index in [4.69, 9.17) is 0 Å². The van der Waals surface area contributed by atoms with Crippen molar-refractivity contribution in [1.29, 1.82) is 0 Å². The van der Waals surface area contributed by atoms with Crippen LogP contribution in [0.2, 0.25) is 0 Å². The summed E-state index contributed by atoms with van der Waals surface area (Å²) in [4.78, 5) is 0. The van der Waals surface area contributed by atoms with Crippen molar-refractivity contribution in [3.63, 3.8) is 0 Å². The second kappa shape index (κ2) is 5.68. The Morgan fingerprint density at radius 1 is 1.10 bits per heavy atom. The molecule has 1 heterocycles. The average Bonchev–Trinajstić information content (AvgIpc) is 2.90. The maximum Gasteiger partial charge on any atom is 0.123 e. The number of halogens is 1. The second-order valence-corrected chi connectivity index (χ2v) is 5.44. The summed E-state index contributed by atoms with van der Waals surface area (Å²) in [5, 5.41) is 6.62. The highest BCUT2D eigenvalue weighted by Gasteiger charge is 2.25. The molecule has 0 saturated carbocycles. The van der Waals surface area contributed by atoms with Gasteiger partial charge in [0.15, 0.2) is 0 Å². The van der Waals surface area contributed by atoms with Gasteiger partial charge in [0.1, 0.15) is 5.82 Å². The summed E-state index contributed by atoms with van der Waals surface area (Å²) in [5.41, 5.74) is 4.70. The van der Waals surface area contributed by atoms with Gasteiger partial charge in [0.2, 0.25) is 0 Å². The lowest BCUT2D eigenvalue weighted by Gasteiger charge is -2.18. The van der Waals surface area contributed by atoms with Gasteiger partial charge in [0, 0.05) is 13.5 Å². The van der Waals surface area contributed by atoms with Crippen LogP contribution in [-0.2, 0) is 6.42 Å². The van der Waals surface area contributed by atoms with Crippen LogP contribution in [0.5, 0.6) is 0 Å². The van der Waals surface area contributed by atoms with E-state index in [1.807, 2.05) is 24.2 Å². The molecule has 108 valence electrons. The topological polar surface area (TPSA) is 15.6 Å². The third kappa shape index (κ3) is 2.82. The number of hydrogen-bond acceptors (Lipinski definition) is 2. The van der Waals surface area contributed by atoms with Crippen LogP contribution in [0.1, 0.15) is 36.1 Å². The number of hydrazone groups is 1. The molecule has 0 radical (unpaired) electrons. The maximum absolute atomic E-state index is 13.0. The Morgan fingerprint density at radius 2 is 1.76 bits per heavy atom. The second-order valence-electron chi connectivity index (χ2n) is 5.44. The zero-order valence-electron chi connectivity index (χ0n) is 12.4. The van der Waals surface area contributed by atoms with Gasteiger partial charge < -0.3 is 0 Å². The summed E-state index contributed by atoms with van der Waals surface area (Å²) in [5.74, 6) is -0.198. The van der Waals surface area contributed by atoms with E-state index in [-0.39, 0.29) is 11.9 Å². The van der Waals surface area contributed by atoms with Crippen molar-refractivity contribution in [2.75, 3.05) is 7.05 Å². The summed E-state index contributed by atoms with van der Waals surface area (Å²) in [6, 6.07) is 15.5. The molecule has 0 spiro atoms. The van der Waals surface area contributed by atoms with Crippen LogP contribution < -0.4 is 0 Å². The van der Waals surface area contributed by atoms with Gasteiger partial charge in [-0.25, -0.2) is 4.39 Å². The molecule has 21 heavy (non-hydrogen) atoms. The van der Waals surface area contributed by atoms with Crippen molar-refractivity contribution >= 4 is 5.71 Å². The number of rotatable bonds is 3. The summed E-state index contributed by atoms with van der Waals surface area (Å²) in [6.45, 7) is 2.15. The van der Waals surface area contributed by atoms with Crippen molar-refractivity contribution in [2.45, 2.75) is 25.8 Å². The largest absolute Gasteiger partial charge is 0.292 e. The smallest absolute Gasteiger partial charge is 0.123 e. The molecule has 1 unspecified atom stereocenters. The minimum Gasteiger partial charge on any atom is -0.292 e. The molecule has 0 aliphatic carbocycles. The van der Waals surface area contributed by atoms with E-state index in [2.05, 4.69) is 36.3 Å². The molecule has 0 bridgehead atoms. The van der Waals surface area contributed by atoms with Crippen LogP contribution in [0.25, 0.3) is 0 Å². The predicted octanol–water partition coefficient (Wildman–Crippen LogP) is 4.17. The van der Waals surface area contributed by atoms with Crippen LogP contribution in [0.15, 0.2) is 53.6 Å². The molecule has 0 fully saturated rings. The summed E-state index contributed by atoms with van der Waals surface area (Å²) >= 11 is 0. The van der Waals surface area contributed by atoms with Gasteiger partial charge in [0.25, 0.3) is 0 Å². The average molecular weight is 282 g/mol. The highest BCUT2D eigenvalue weighted by molar-refractivity contribution is 6.01. The minimum atomic E-state index is -0.198. The Hall–Kier alpha value is -2.16. The maximum atomic E-state index is 13.0. The van der Waals surface area contributed by atoms with Gasteiger partial charge >= 0.3 is 0 Å². The third-order valence-electron chi connectivity index (χ3n) is 4.07. The number of benzene rings is 2. The molecule has 0 N–H and O–H groups in total. The molecule has 2 nitrogen and oxygen atoms in total. The highest BCUT2D eigenvalue weighted by Crippen LogP contribution is 2.31. The zero-order valence-corrected chi connectivity index (χ0v) is 12.4. The van der Waals surface area contributed by atoms with Gasteiger partial charge in [-0.15, -0.1) is 0 Å². The Kier molecular flexibility index (Phi) is 3.74. The van der Waals surface area contributed by atoms with Crippen molar-refractivity contribution < 1.29 is 4.39 Å². The summed E-state index contributed by atoms with van der Waals surface area (Å²) in [7, 11) is 1.97. The van der Waals surface area contributed by atoms with E-state index in [9.17, 15) is 4.39 Å². The number of nitrogens with zero attached hydrogens (tertiary/aromatic N) is 2. The van der Waals surface area contributed by atoms with E-state index in [1.165, 1.54) is 23.3 Å². The van der Waals surface area contributed by atoms with Crippen molar-refractivity contribution in [3.8, 4) is 0 Å². The van der Waals surface area contributed by atoms with Gasteiger partial charge in [-0.05, 0) is 35.2 Å². The van der Waals surface area contributed by atoms with Crippen LogP contribution in [0.3, 0.4) is 0 Å². The Morgan fingerprint density at radius 3 is 2.38 bits per heavy atom. The standard InChI is InChI=1S/C18H19FN2/c1-3-13-4-6-14(7-5-13)17-12-18(21(2)20-17)15-8-10-16(19)11-9-15/h4-11,18H,3,12H2,1-2H3. The highest BCUT2D eigenvalue weighted by atomic mass is 19.1. The molecule has 3 heteroatoms. The molecule has 0 saturated heterocycles. The Bertz CT molecular complexity index is 644. The molecule has 2 aromatic rings. The Labute approximate surface area is 124 Å². The Balaban J connectivity index is 1.80. The molecule has 0 amide bonds. The van der Waals surface area contributed by atoms with E-state index in [0.717, 1.165) is 24.1 Å². The first-order valence-electron chi connectivity index (χ1n) is 7.32. The molecular weight excluding hydrogens is 263 g/mol.